The van der Waals surface area contributed by atoms with Crippen LogP contribution in [0.4, 0.5) is 5.69 Å². The van der Waals surface area contributed by atoms with Crippen LogP contribution in [0.1, 0.15) is 40.5 Å². The molecule has 10 nitrogen and oxygen atoms in total. The molecule has 0 aliphatic carbocycles. The number of piperidine rings is 1. The van der Waals surface area contributed by atoms with Crippen molar-refractivity contribution in [3.05, 3.63) is 29.3 Å². The maximum absolute atomic E-state index is 12.9. The number of benzene rings is 1. The summed E-state index contributed by atoms with van der Waals surface area (Å²) >= 11 is 0. The van der Waals surface area contributed by atoms with Crippen LogP contribution < -0.4 is 11.1 Å². The molecule has 10 heteroatoms. The number of likely N-dealkylation sites (tertiary alicyclic amines) is 1. The number of imide groups is 2. The van der Waals surface area contributed by atoms with Crippen LogP contribution in [-0.2, 0) is 19.1 Å². The molecule has 0 aromatic heterocycles. The Bertz CT molecular complexity index is 899. The number of nitrogens with one attached hydrogen (secondary N) is 1. The molecular weight excluding hydrogens is 380 g/mol. The highest BCUT2D eigenvalue weighted by atomic mass is 16.5. The summed E-state index contributed by atoms with van der Waals surface area (Å²) in [5.74, 6) is -2.90. The minimum atomic E-state index is -1.11. The van der Waals surface area contributed by atoms with Crippen molar-refractivity contribution in [2.24, 2.45) is 0 Å². The van der Waals surface area contributed by atoms with E-state index in [4.69, 9.17) is 10.5 Å². The molecule has 1 aromatic rings. The first-order valence-corrected chi connectivity index (χ1v) is 9.22. The van der Waals surface area contributed by atoms with E-state index in [9.17, 15) is 24.0 Å². The Labute approximate surface area is 166 Å². The lowest BCUT2D eigenvalue weighted by atomic mass is 10.0. The normalized spacial score (nSPS) is 20.1. The molecule has 3 N–H and O–H groups in total. The first-order valence-electron chi connectivity index (χ1n) is 9.22. The van der Waals surface area contributed by atoms with Crippen LogP contribution in [0, 0.1) is 0 Å². The first-order chi connectivity index (χ1) is 13.8. The summed E-state index contributed by atoms with van der Waals surface area (Å²) < 4.78 is 5.05. The second kappa shape index (κ2) is 8.00. The number of fused-ring (bicyclic) bond motifs is 1. The molecule has 2 aliphatic heterocycles. The van der Waals surface area contributed by atoms with Gasteiger partial charge in [0.05, 0.1) is 17.7 Å². The largest absolute Gasteiger partial charge is 0.463 e. The Morgan fingerprint density at radius 2 is 2.00 bits per heavy atom. The smallest absolute Gasteiger partial charge is 0.322 e. The van der Waals surface area contributed by atoms with E-state index in [0.29, 0.717) is 0 Å². The van der Waals surface area contributed by atoms with Gasteiger partial charge >= 0.3 is 5.97 Å². The quantitative estimate of drug-likeness (QED) is 0.370. The van der Waals surface area contributed by atoms with E-state index in [2.05, 4.69) is 5.32 Å². The van der Waals surface area contributed by atoms with Crippen molar-refractivity contribution in [1.82, 2.24) is 15.1 Å². The molecule has 0 radical (unpaired) electrons. The lowest BCUT2D eigenvalue weighted by Crippen LogP contribution is -2.56. The zero-order valence-electron chi connectivity index (χ0n) is 16.1. The molecule has 1 saturated heterocycles. The lowest BCUT2D eigenvalue weighted by Gasteiger charge is -2.34. The summed E-state index contributed by atoms with van der Waals surface area (Å²) in [5.41, 5.74) is 6.20. The molecule has 2 heterocycles. The van der Waals surface area contributed by atoms with Crippen LogP contribution in [0.3, 0.4) is 0 Å². The predicted molar refractivity (Wildman–Crippen MR) is 101 cm³/mol. The van der Waals surface area contributed by atoms with Gasteiger partial charge in [0.15, 0.2) is 0 Å². The fourth-order valence-electron chi connectivity index (χ4n) is 3.39. The summed E-state index contributed by atoms with van der Waals surface area (Å²) in [5, 5.41) is 2.72. The number of nitrogen functional groups attached to an aromatic ring is 1. The number of hydrogen-bond donors (Lipinski definition) is 2. The van der Waals surface area contributed by atoms with Crippen LogP contribution in [0.5, 0.6) is 0 Å². The molecule has 0 bridgehead atoms. The highest BCUT2D eigenvalue weighted by molar-refractivity contribution is 6.25. The maximum atomic E-state index is 12.9. The fraction of sp³-hybridized carbons (Fsp3) is 0.421. The van der Waals surface area contributed by atoms with Gasteiger partial charge < -0.3 is 15.8 Å². The Morgan fingerprint density at radius 3 is 2.66 bits per heavy atom. The summed E-state index contributed by atoms with van der Waals surface area (Å²) in [6, 6.07) is 2.91. The van der Waals surface area contributed by atoms with Gasteiger partial charge in [0.25, 0.3) is 17.7 Å². The average Bonchev–Trinajstić information content (AvgIpc) is 2.95. The molecule has 1 aromatic carbocycles. The van der Waals surface area contributed by atoms with Gasteiger partial charge in [-0.2, -0.15) is 0 Å². The summed E-state index contributed by atoms with van der Waals surface area (Å²) in [4.78, 5) is 64.1. The van der Waals surface area contributed by atoms with E-state index in [1.165, 1.54) is 12.1 Å². The van der Waals surface area contributed by atoms with Crippen LogP contribution in [0.15, 0.2) is 18.2 Å². The molecule has 29 heavy (non-hydrogen) atoms. The molecule has 0 saturated carbocycles. The summed E-state index contributed by atoms with van der Waals surface area (Å²) in [7, 11) is 1.60. The number of likely N-dealkylation sites (N-methyl/N-ethyl adjacent to an activating group) is 1. The molecule has 2 atom stereocenters. The van der Waals surface area contributed by atoms with Crippen molar-refractivity contribution in [1.29, 1.82) is 0 Å². The molecule has 1 fully saturated rings. The fourth-order valence-corrected chi connectivity index (χ4v) is 3.39. The van der Waals surface area contributed by atoms with Crippen molar-refractivity contribution in [2.45, 2.75) is 31.8 Å². The van der Waals surface area contributed by atoms with E-state index in [0.717, 1.165) is 9.80 Å². The van der Waals surface area contributed by atoms with Gasteiger partial charge in [-0.05, 0) is 32.5 Å². The molecule has 2 aliphatic rings. The van der Waals surface area contributed by atoms with E-state index >= 15 is 0 Å². The molecular formula is C19H22N4O6. The third kappa shape index (κ3) is 3.58. The van der Waals surface area contributed by atoms with Crippen molar-refractivity contribution in [3.63, 3.8) is 0 Å². The number of carbonyl (C=O) groups is 5. The van der Waals surface area contributed by atoms with Gasteiger partial charge in [0, 0.05) is 12.1 Å². The summed E-state index contributed by atoms with van der Waals surface area (Å²) in [6.07, 6.45) is 0.0241. The molecule has 3 rings (SSSR count). The van der Waals surface area contributed by atoms with Gasteiger partial charge in [0.2, 0.25) is 5.91 Å². The number of anilines is 1. The number of nitrogens with zero attached hydrogens (tertiary/aromatic N) is 2. The van der Waals surface area contributed by atoms with Gasteiger partial charge in [-0.3, -0.25) is 33.8 Å². The van der Waals surface area contributed by atoms with Crippen LogP contribution in [0.2, 0.25) is 0 Å². The highest BCUT2D eigenvalue weighted by Gasteiger charge is 2.47. The second-order valence-corrected chi connectivity index (χ2v) is 6.87. The van der Waals surface area contributed by atoms with Crippen LogP contribution in [0.25, 0.3) is 0 Å². The van der Waals surface area contributed by atoms with Gasteiger partial charge in [-0.25, -0.2) is 0 Å². The third-order valence-electron chi connectivity index (χ3n) is 5.12. The lowest BCUT2D eigenvalue weighted by molar-refractivity contribution is -0.156. The third-order valence-corrected chi connectivity index (χ3v) is 5.12. The minimum absolute atomic E-state index is 0.0137. The van der Waals surface area contributed by atoms with Gasteiger partial charge in [-0.1, -0.05) is 6.07 Å². The molecule has 0 spiro atoms. The topological polar surface area (TPSA) is 139 Å². The zero-order valence-corrected chi connectivity index (χ0v) is 16.1. The number of amides is 4. The predicted octanol–water partition coefficient (Wildman–Crippen LogP) is -0.466. The number of hydrogen-bond acceptors (Lipinski definition) is 8. The van der Waals surface area contributed by atoms with E-state index in [1.807, 2.05) is 0 Å². The maximum Gasteiger partial charge on any atom is 0.322 e. The van der Waals surface area contributed by atoms with Crippen molar-refractivity contribution >= 4 is 35.3 Å². The number of rotatable bonds is 6. The molecule has 154 valence electrons. The van der Waals surface area contributed by atoms with E-state index in [1.54, 1.807) is 20.0 Å². The second-order valence-electron chi connectivity index (χ2n) is 6.87. The number of esters is 1. The SMILES string of the molecule is CN[C@@H](C)C(=O)OCCN1C(=O)CCC(N2C(=O)c3cccc(N)c3C2=O)C1=O. The number of ether oxygens (including phenoxy) is 1. The molecule has 1 unspecified atom stereocenters. The van der Waals surface area contributed by atoms with Crippen molar-refractivity contribution < 1.29 is 28.7 Å². The standard InChI is InChI=1S/C19H22N4O6/c1-10(21-2)19(28)29-9-8-22-14(24)7-6-13(17(22)26)23-16(25)11-4-3-5-12(20)15(11)18(23)27/h3-5,10,13,21H,6-9,20H2,1-2H3/t10-,13?/m0/s1. The Hall–Kier alpha value is -3.27. The Morgan fingerprint density at radius 1 is 1.28 bits per heavy atom. The average molecular weight is 402 g/mol. The Kier molecular flexibility index (Phi) is 5.64. The summed E-state index contributed by atoms with van der Waals surface area (Å²) in [6.45, 7) is 1.29. The van der Waals surface area contributed by atoms with Crippen molar-refractivity contribution in [3.8, 4) is 0 Å². The van der Waals surface area contributed by atoms with Gasteiger partial charge in [0.1, 0.15) is 18.7 Å². The number of nitrogens with two attached hydrogens (primary N) is 1. The highest BCUT2D eigenvalue weighted by Crippen LogP contribution is 2.31. The van der Waals surface area contributed by atoms with E-state index < -0.39 is 41.7 Å². The Balaban J connectivity index is 1.73. The van der Waals surface area contributed by atoms with Crippen LogP contribution >= 0.6 is 0 Å². The van der Waals surface area contributed by atoms with Crippen molar-refractivity contribution in [2.75, 3.05) is 25.9 Å². The van der Waals surface area contributed by atoms with E-state index in [-0.39, 0.29) is 42.8 Å². The molecule has 4 amide bonds. The van der Waals surface area contributed by atoms with Crippen LogP contribution in [-0.4, -0.2) is 71.7 Å². The number of carbonyl (C=O) groups excluding carboxylic acids is 5. The monoisotopic (exact) mass is 402 g/mol. The minimum Gasteiger partial charge on any atom is -0.463 e. The van der Waals surface area contributed by atoms with Gasteiger partial charge in [-0.15, -0.1) is 0 Å². The zero-order chi connectivity index (χ0) is 21.3. The first kappa shape index (κ1) is 20.5.